The Balaban J connectivity index is 1.76. The van der Waals surface area contributed by atoms with E-state index in [0.717, 1.165) is 11.0 Å². The summed E-state index contributed by atoms with van der Waals surface area (Å²) in [5.74, 6) is 0. The first-order chi connectivity index (χ1) is 14.7. The van der Waals surface area contributed by atoms with Gasteiger partial charge in [-0.25, -0.2) is 0 Å². The maximum Gasteiger partial charge on any atom is 0.0486 e. The SMILES string of the molecule is Cc1ccc2[nH]cc(C(C)(c3c[nH]c4ccccc34)c3c[nH]c4ccccc34)c2c1. The number of para-hydroxylation sites is 2. The zero-order valence-corrected chi connectivity index (χ0v) is 17.1. The fraction of sp³-hybridized carbons (Fsp3) is 0.111. The number of rotatable bonds is 3. The molecule has 3 heterocycles. The number of fused-ring (bicyclic) bond motifs is 3. The van der Waals surface area contributed by atoms with Gasteiger partial charge >= 0.3 is 0 Å². The lowest BCUT2D eigenvalue weighted by atomic mass is 9.70. The van der Waals surface area contributed by atoms with Crippen LogP contribution in [-0.2, 0) is 5.41 Å². The highest BCUT2D eigenvalue weighted by atomic mass is 14.7. The Hall–Kier alpha value is -3.72. The molecule has 3 aromatic carbocycles. The lowest BCUT2D eigenvalue weighted by Crippen LogP contribution is -2.24. The third kappa shape index (κ3) is 2.26. The molecular formula is C27H23N3. The van der Waals surface area contributed by atoms with Crippen LogP contribution in [0.25, 0.3) is 32.7 Å². The van der Waals surface area contributed by atoms with E-state index in [0.29, 0.717) is 0 Å². The molecule has 0 bridgehead atoms. The van der Waals surface area contributed by atoms with E-state index < -0.39 is 0 Å². The third-order valence-electron chi connectivity index (χ3n) is 6.63. The van der Waals surface area contributed by atoms with Gasteiger partial charge in [0.15, 0.2) is 0 Å². The zero-order chi connectivity index (χ0) is 20.3. The van der Waals surface area contributed by atoms with Crippen molar-refractivity contribution >= 4 is 32.7 Å². The fourth-order valence-corrected chi connectivity index (χ4v) is 5.05. The van der Waals surface area contributed by atoms with E-state index in [1.165, 1.54) is 43.9 Å². The monoisotopic (exact) mass is 389 g/mol. The van der Waals surface area contributed by atoms with Gasteiger partial charge in [0.05, 0.1) is 0 Å². The number of hydrogen-bond acceptors (Lipinski definition) is 0. The van der Waals surface area contributed by atoms with Crippen LogP contribution in [0.1, 0.15) is 29.2 Å². The van der Waals surface area contributed by atoms with E-state index >= 15 is 0 Å². The van der Waals surface area contributed by atoms with Crippen molar-refractivity contribution in [1.82, 2.24) is 15.0 Å². The predicted molar refractivity (Wildman–Crippen MR) is 125 cm³/mol. The van der Waals surface area contributed by atoms with Crippen LogP contribution in [0.5, 0.6) is 0 Å². The molecule has 0 amide bonds. The quantitative estimate of drug-likeness (QED) is 0.298. The maximum atomic E-state index is 3.52. The van der Waals surface area contributed by atoms with E-state index in [4.69, 9.17) is 0 Å². The van der Waals surface area contributed by atoms with Crippen LogP contribution in [0.15, 0.2) is 85.3 Å². The fourth-order valence-electron chi connectivity index (χ4n) is 5.05. The molecule has 3 heteroatoms. The molecule has 3 nitrogen and oxygen atoms in total. The van der Waals surface area contributed by atoms with Gasteiger partial charge in [0.25, 0.3) is 0 Å². The molecule has 0 unspecified atom stereocenters. The summed E-state index contributed by atoms with van der Waals surface area (Å²) in [7, 11) is 0. The minimum Gasteiger partial charge on any atom is -0.361 e. The van der Waals surface area contributed by atoms with Crippen LogP contribution < -0.4 is 0 Å². The number of nitrogens with one attached hydrogen (secondary N) is 3. The van der Waals surface area contributed by atoms with Gasteiger partial charge in [-0.05, 0) is 54.8 Å². The van der Waals surface area contributed by atoms with E-state index in [2.05, 4.69) is 114 Å². The number of hydrogen-bond donors (Lipinski definition) is 3. The first-order valence-electron chi connectivity index (χ1n) is 10.4. The van der Waals surface area contributed by atoms with Gasteiger partial charge < -0.3 is 15.0 Å². The Labute approximate surface area is 174 Å². The van der Waals surface area contributed by atoms with E-state index in [1.54, 1.807) is 0 Å². The zero-order valence-electron chi connectivity index (χ0n) is 17.1. The van der Waals surface area contributed by atoms with Gasteiger partial charge in [-0.3, -0.25) is 0 Å². The molecule has 146 valence electrons. The summed E-state index contributed by atoms with van der Waals surface area (Å²) < 4.78 is 0. The molecule has 0 aliphatic carbocycles. The van der Waals surface area contributed by atoms with E-state index in [1.807, 2.05) is 0 Å². The minimum atomic E-state index is -0.342. The van der Waals surface area contributed by atoms with Crippen LogP contribution in [0.3, 0.4) is 0 Å². The molecule has 3 N–H and O–H groups in total. The third-order valence-corrected chi connectivity index (χ3v) is 6.63. The van der Waals surface area contributed by atoms with Gasteiger partial charge in [0.2, 0.25) is 0 Å². The highest BCUT2D eigenvalue weighted by molar-refractivity contribution is 5.94. The summed E-state index contributed by atoms with van der Waals surface area (Å²) in [5, 5.41) is 3.78. The van der Waals surface area contributed by atoms with Gasteiger partial charge in [-0.1, -0.05) is 48.0 Å². The first kappa shape index (κ1) is 17.2. The average molecular weight is 390 g/mol. The van der Waals surface area contributed by atoms with E-state index in [-0.39, 0.29) is 5.41 Å². The molecule has 30 heavy (non-hydrogen) atoms. The van der Waals surface area contributed by atoms with Gasteiger partial charge in [-0.2, -0.15) is 0 Å². The van der Waals surface area contributed by atoms with Crippen molar-refractivity contribution in [2.75, 3.05) is 0 Å². The van der Waals surface area contributed by atoms with Crippen LogP contribution in [0, 0.1) is 6.92 Å². The normalized spacial score (nSPS) is 12.3. The molecule has 0 fully saturated rings. The van der Waals surface area contributed by atoms with E-state index in [9.17, 15) is 0 Å². The predicted octanol–water partition coefficient (Wildman–Crippen LogP) is 6.79. The highest BCUT2D eigenvalue weighted by Gasteiger charge is 2.37. The molecule has 6 aromatic rings. The summed E-state index contributed by atoms with van der Waals surface area (Å²) in [6.07, 6.45) is 6.55. The second kappa shape index (κ2) is 6.14. The second-order valence-electron chi connectivity index (χ2n) is 8.37. The van der Waals surface area contributed by atoms with Crippen molar-refractivity contribution < 1.29 is 0 Å². The van der Waals surface area contributed by atoms with Crippen LogP contribution in [0.4, 0.5) is 0 Å². The maximum absolute atomic E-state index is 3.52. The molecule has 0 radical (unpaired) electrons. The number of aromatic amines is 3. The average Bonchev–Trinajstić information content (AvgIpc) is 3.49. The largest absolute Gasteiger partial charge is 0.361 e. The lowest BCUT2D eigenvalue weighted by Gasteiger charge is -2.30. The van der Waals surface area contributed by atoms with Crippen molar-refractivity contribution in [3.8, 4) is 0 Å². The smallest absolute Gasteiger partial charge is 0.0486 e. The summed E-state index contributed by atoms with van der Waals surface area (Å²) in [5.41, 5.74) is 8.27. The van der Waals surface area contributed by atoms with Gasteiger partial charge in [-0.15, -0.1) is 0 Å². The Morgan fingerprint density at radius 3 is 1.60 bits per heavy atom. The topological polar surface area (TPSA) is 47.4 Å². The Kier molecular flexibility index (Phi) is 3.51. The van der Waals surface area contributed by atoms with Crippen molar-refractivity contribution in [2.24, 2.45) is 0 Å². The number of aromatic nitrogens is 3. The van der Waals surface area contributed by atoms with Crippen molar-refractivity contribution in [2.45, 2.75) is 19.3 Å². The van der Waals surface area contributed by atoms with Crippen LogP contribution >= 0.6 is 0 Å². The molecule has 0 aliphatic heterocycles. The summed E-state index contributed by atoms with van der Waals surface area (Å²) in [6.45, 7) is 4.51. The summed E-state index contributed by atoms with van der Waals surface area (Å²) >= 11 is 0. The molecular weight excluding hydrogens is 366 g/mol. The van der Waals surface area contributed by atoms with Gasteiger partial charge in [0.1, 0.15) is 0 Å². The van der Waals surface area contributed by atoms with Gasteiger partial charge in [0, 0.05) is 56.7 Å². The molecule has 0 saturated heterocycles. The Morgan fingerprint density at radius 1 is 0.567 bits per heavy atom. The summed E-state index contributed by atoms with van der Waals surface area (Å²) in [6, 6.07) is 23.8. The van der Waals surface area contributed by atoms with Crippen LogP contribution in [0.2, 0.25) is 0 Å². The molecule has 3 aromatic heterocycles. The highest BCUT2D eigenvalue weighted by Crippen LogP contribution is 2.46. The Morgan fingerprint density at radius 2 is 1.03 bits per heavy atom. The van der Waals surface area contributed by atoms with Crippen molar-refractivity contribution in [3.05, 3.63) is 108 Å². The lowest BCUT2D eigenvalue weighted by molar-refractivity contribution is 0.712. The van der Waals surface area contributed by atoms with Crippen LogP contribution in [-0.4, -0.2) is 15.0 Å². The Bertz CT molecular complexity index is 1450. The second-order valence-corrected chi connectivity index (χ2v) is 8.37. The van der Waals surface area contributed by atoms with Crippen molar-refractivity contribution in [1.29, 1.82) is 0 Å². The number of aryl methyl sites for hydroxylation is 1. The molecule has 6 rings (SSSR count). The molecule has 0 saturated carbocycles. The summed E-state index contributed by atoms with van der Waals surface area (Å²) in [4.78, 5) is 10.5. The number of H-pyrrole nitrogens is 3. The molecule has 0 aliphatic rings. The number of benzene rings is 3. The first-order valence-corrected chi connectivity index (χ1v) is 10.4. The molecule has 0 atom stereocenters. The minimum absolute atomic E-state index is 0.342. The standard InChI is InChI=1S/C27H23N3/c1-17-11-12-26-20(13-17)23(16-30-26)27(2,21-14-28-24-9-5-3-7-18(21)24)22-15-29-25-10-6-4-8-19(22)25/h3-16,28-30H,1-2H3. The molecule has 0 spiro atoms. The van der Waals surface area contributed by atoms with Crippen molar-refractivity contribution in [3.63, 3.8) is 0 Å².